The van der Waals surface area contributed by atoms with Crippen LogP contribution < -0.4 is 4.74 Å². The van der Waals surface area contributed by atoms with Crippen molar-refractivity contribution in [1.82, 2.24) is 4.90 Å². The first kappa shape index (κ1) is 19.7. The zero-order valence-corrected chi connectivity index (χ0v) is 15.9. The van der Waals surface area contributed by atoms with Gasteiger partial charge in [0, 0.05) is 12.1 Å². The third kappa shape index (κ3) is 5.00. The van der Waals surface area contributed by atoms with Gasteiger partial charge in [-0.05, 0) is 36.8 Å². The lowest BCUT2D eigenvalue weighted by atomic mass is 10.1. The minimum Gasteiger partial charge on any atom is -0.493 e. The molecule has 0 N–H and O–H groups in total. The van der Waals surface area contributed by atoms with Crippen LogP contribution in [0, 0.1) is 5.82 Å². The molecule has 1 aromatic heterocycles. The van der Waals surface area contributed by atoms with Gasteiger partial charge in [-0.25, -0.2) is 4.39 Å². The van der Waals surface area contributed by atoms with Gasteiger partial charge in [-0.1, -0.05) is 43.7 Å². The predicted octanol–water partition coefficient (Wildman–Crippen LogP) is 5.44. The molecule has 0 spiro atoms. The van der Waals surface area contributed by atoms with Crippen molar-refractivity contribution in [3.63, 3.8) is 0 Å². The second-order valence-electron chi connectivity index (χ2n) is 6.53. The van der Waals surface area contributed by atoms with E-state index >= 15 is 0 Å². The zero-order valence-electron chi connectivity index (χ0n) is 15.9. The van der Waals surface area contributed by atoms with E-state index in [2.05, 4.69) is 6.92 Å². The number of ether oxygens (including phenoxy) is 1. The Kier molecular flexibility index (Phi) is 6.84. The Morgan fingerprint density at radius 1 is 1.04 bits per heavy atom. The number of hydrogen-bond acceptors (Lipinski definition) is 3. The number of nitrogens with zero attached hydrogens (tertiary/aromatic N) is 1. The van der Waals surface area contributed by atoms with Gasteiger partial charge in [0.2, 0.25) is 0 Å². The van der Waals surface area contributed by atoms with E-state index in [4.69, 9.17) is 9.15 Å². The number of para-hydroxylation sites is 1. The molecule has 1 amide bonds. The van der Waals surface area contributed by atoms with Crippen LogP contribution in [0.3, 0.4) is 0 Å². The first-order valence-corrected chi connectivity index (χ1v) is 9.46. The summed E-state index contributed by atoms with van der Waals surface area (Å²) in [6.45, 7) is 3.01. The van der Waals surface area contributed by atoms with Gasteiger partial charge >= 0.3 is 0 Å². The van der Waals surface area contributed by atoms with Gasteiger partial charge in [-0.2, -0.15) is 0 Å². The summed E-state index contributed by atoms with van der Waals surface area (Å²) < 4.78 is 25.4. The average molecular weight is 381 g/mol. The first-order chi connectivity index (χ1) is 13.7. The van der Waals surface area contributed by atoms with E-state index in [1.165, 1.54) is 6.07 Å². The lowest BCUT2D eigenvalue weighted by molar-refractivity contribution is 0.0711. The molecule has 0 saturated heterocycles. The topological polar surface area (TPSA) is 42.7 Å². The molecule has 0 unspecified atom stereocenters. The van der Waals surface area contributed by atoms with Crippen molar-refractivity contribution in [2.45, 2.75) is 32.9 Å². The van der Waals surface area contributed by atoms with Gasteiger partial charge in [0.05, 0.1) is 25.0 Å². The Morgan fingerprint density at radius 2 is 1.82 bits per heavy atom. The second kappa shape index (κ2) is 9.74. The van der Waals surface area contributed by atoms with E-state index in [-0.39, 0.29) is 24.8 Å². The summed E-state index contributed by atoms with van der Waals surface area (Å²) in [4.78, 5) is 14.9. The minimum atomic E-state index is -0.341. The Balaban J connectivity index is 1.87. The Bertz CT molecular complexity index is 892. The van der Waals surface area contributed by atoms with E-state index in [0.717, 1.165) is 12.8 Å². The Hall–Kier alpha value is -3.08. The number of carbonyl (C=O) groups is 1. The van der Waals surface area contributed by atoms with Gasteiger partial charge in [0.25, 0.3) is 5.91 Å². The number of halogens is 1. The third-order valence-corrected chi connectivity index (χ3v) is 4.41. The summed E-state index contributed by atoms with van der Waals surface area (Å²) in [6.07, 6.45) is 3.48. The zero-order chi connectivity index (χ0) is 19.8. The fourth-order valence-corrected chi connectivity index (χ4v) is 2.89. The van der Waals surface area contributed by atoms with Crippen LogP contribution in [0.2, 0.25) is 0 Å². The summed E-state index contributed by atoms with van der Waals surface area (Å²) in [5, 5.41) is 0. The Labute approximate surface area is 164 Å². The van der Waals surface area contributed by atoms with E-state index in [1.54, 1.807) is 59.7 Å². The highest BCUT2D eigenvalue weighted by atomic mass is 19.1. The summed E-state index contributed by atoms with van der Waals surface area (Å²) in [5.41, 5.74) is 0.910. The molecule has 3 rings (SSSR count). The predicted molar refractivity (Wildman–Crippen MR) is 106 cm³/mol. The van der Waals surface area contributed by atoms with Crippen molar-refractivity contribution in [2.24, 2.45) is 0 Å². The molecule has 0 bridgehead atoms. The molecule has 0 radical (unpaired) electrons. The van der Waals surface area contributed by atoms with Crippen LogP contribution in [0.25, 0.3) is 0 Å². The lowest BCUT2D eigenvalue weighted by Crippen LogP contribution is -2.30. The first-order valence-electron chi connectivity index (χ1n) is 9.46. The lowest BCUT2D eigenvalue weighted by Gasteiger charge is -2.23. The SMILES string of the molecule is CCCCOc1ccccc1C(=O)N(Cc1ccco1)Cc1ccccc1F. The van der Waals surface area contributed by atoms with E-state index in [9.17, 15) is 9.18 Å². The Morgan fingerprint density at radius 3 is 2.57 bits per heavy atom. The molecular formula is C23H24FNO3. The molecule has 2 aromatic carbocycles. The number of unbranched alkanes of at least 4 members (excludes halogenated alkanes) is 1. The van der Waals surface area contributed by atoms with E-state index in [0.29, 0.717) is 29.2 Å². The molecule has 3 aromatic rings. The maximum absolute atomic E-state index is 14.2. The molecule has 5 heteroatoms. The highest BCUT2D eigenvalue weighted by Gasteiger charge is 2.22. The molecule has 28 heavy (non-hydrogen) atoms. The molecule has 0 atom stereocenters. The molecule has 4 nitrogen and oxygen atoms in total. The molecule has 146 valence electrons. The molecule has 0 aliphatic heterocycles. The highest BCUT2D eigenvalue weighted by Crippen LogP contribution is 2.23. The number of amides is 1. The maximum atomic E-state index is 14.2. The van der Waals surface area contributed by atoms with Crippen molar-refractivity contribution in [2.75, 3.05) is 6.61 Å². The second-order valence-corrected chi connectivity index (χ2v) is 6.53. The van der Waals surface area contributed by atoms with Crippen LogP contribution >= 0.6 is 0 Å². The number of rotatable bonds is 9. The van der Waals surface area contributed by atoms with Gasteiger partial charge in [-0.15, -0.1) is 0 Å². The minimum absolute atomic E-state index is 0.134. The molecule has 1 heterocycles. The maximum Gasteiger partial charge on any atom is 0.258 e. The van der Waals surface area contributed by atoms with Crippen LogP contribution in [-0.4, -0.2) is 17.4 Å². The normalized spacial score (nSPS) is 10.6. The van der Waals surface area contributed by atoms with Crippen molar-refractivity contribution in [1.29, 1.82) is 0 Å². The molecular weight excluding hydrogens is 357 g/mol. The summed E-state index contributed by atoms with van der Waals surface area (Å²) in [5.74, 6) is 0.604. The van der Waals surface area contributed by atoms with Crippen molar-refractivity contribution in [3.05, 3.63) is 89.6 Å². The van der Waals surface area contributed by atoms with Gasteiger partial charge in [0.1, 0.15) is 17.3 Å². The third-order valence-electron chi connectivity index (χ3n) is 4.41. The molecule has 0 aliphatic carbocycles. The fraction of sp³-hybridized carbons (Fsp3) is 0.261. The van der Waals surface area contributed by atoms with E-state index < -0.39 is 0 Å². The average Bonchev–Trinajstić information content (AvgIpc) is 3.22. The summed E-state index contributed by atoms with van der Waals surface area (Å²) in [6, 6.07) is 17.2. The van der Waals surface area contributed by atoms with Crippen LogP contribution in [0.4, 0.5) is 4.39 Å². The van der Waals surface area contributed by atoms with Crippen LogP contribution in [0.5, 0.6) is 5.75 Å². The van der Waals surface area contributed by atoms with Crippen LogP contribution in [-0.2, 0) is 13.1 Å². The van der Waals surface area contributed by atoms with Gasteiger partial charge < -0.3 is 14.1 Å². The molecule has 0 fully saturated rings. The summed E-state index contributed by atoms with van der Waals surface area (Å²) in [7, 11) is 0. The smallest absolute Gasteiger partial charge is 0.258 e. The number of hydrogen-bond donors (Lipinski definition) is 0. The van der Waals surface area contributed by atoms with Crippen molar-refractivity contribution >= 4 is 5.91 Å². The molecule has 0 aliphatic rings. The van der Waals surface area contributed by atoms with Gasteiger partial charge in [0.15, 0.2) is 0 Å². The largest absolute Gasteiger partial charge is 0.493 e. The fourth-order valence-electron chi connectivity index (χ4n) is 2.89. The van der Waals surface area contributed by atoms with Crippen molar-refractivity contribution in [3.8, 4) is 5.75 Å². The summed E-state index contributed by atoms with van der Waals surface area (Å²) >= 11 is 0. The monoisotopic (exact) mass is 381 g/mol. The van der Waals surface area contributed by atoms with Crippen LogP contribution in [0.1, 0.15) is 41.4 Å². The van der Waals surface area contributed by atoms with Gasteiger partial charge in [-0.3, -0.25) is 4.79 Å². The van der Waals surface area contributed by atoms with E-state index in [1.807, 2.05) is 6.07 Å². The quantitative estimate of drug-likeness (QED) is 0.464. The molecule has 0 saturated carbocycles. The van der Waals surface area contributed by atoms with Crippen molar-refractivity contribution < 1.29 is 18.3 Å². The number of furan rings is 1. The standard InChI is InChI=1S/C23H24FNO3/c1-2-3-14-28-22-13-7-5-11-20(22)23(26)25(17-19-10-8-15-27-19)16-18-9-4-6-12-21(18)24/h4-13,15H,2-3,14,16-17H2,1H3. The number of benzene rings is 2. The highest BCUT2D eigenvalue weighted by molar-refractivity contribution is 5.96. The number of carbonyl (C=O) groups excluding carboxylic acids is 1. The van der Waals surface area contributed by atoms with Crippen LogP contribution in [0.15, 0.2) is 71.3 Å².